The predicted octanol–water partition coefficient (Wildman–Crippen LogP) is 3.93. The van der Waals surface area contributed by atoms with Crippen molar-refractivity contribution in [3.05, 3.63) is 52.7 Å². The van der Waals surface area contributed by atoms with Crippen LogP contribution in [0.25, 0.3) is 10.8 Å². The number of furan rings is 1. The topological polar surface area (TPSA) is 64.8 Å². The first-order chi connectivity index (χ1) is 13.0. The average molecular weight is 386 g/mol. The molecule has 0 radical (unpaired) electrons. The Morgan fingerprint density at radius 1 is 1.22 bits per heavy atom. The summed E-state index contributed by atoms with van der Waals surface area (Å²) in [6.07, 6.45) is 0.235. The van der Waals surface area contributed by atoms with Gasteiger partial charge in [-0.1, -0.05) is 12.1 Å². The van der Waals surface area contributed by atoms with Gasteiger partial charge in [0.25, 0.3) is 0 Å². The number of hydrogen-bond acceptors (Lipinski definition) is 6. The number of thiazole rings is 1. The van der Waals surface area contributed by atoms with Crippen molar-refractivity contribution < 1.29 is 18.7 Å². The van der Waals surface area contributed by atoms with Crippen LogP contribution in [0.2, 0.25) is 0 Å². The van der Waals surface area contributed by atoms with Gasteiger partial charge in [0.2, 0.25) is 5.91 Å². The van der Waals surface area contributed by atoms with E-state index in [1.165, 1.54) is 11.3 Å². The van der Waals surface area contributed by atoms with E-state index in [0.29, 0.717) is 18.0 Å². The molecule has 3 rings (SSSR count). The molecule has 2 heterocycles. The minimum atomic E-state index is -0.0210. The van der Waals surface area contributed by atoms with Gasteiger partial charge in [-0.15, -0.1) is 11.3 Å². The third kappa shape index (κ3) is 4.31. The third-order valence-corrected chi connectivity index (χ3v) is 5.06. The molecule has 0 N–H and O–H groups in total. The number of amides is 1. The SMILES string of the molecule is COc1cccc(CN(C)C(=O)Cc2csc(-c3ccc(C)o3)n2)c1OC. The summed E-state index contributed by atoms with van der Waals surface area (Å²) in [5.74, 6) is 2.83. The van der Waals surface area contributed by atoms with Gasteiger partial charge in [0.1, 0.15) is 5.76 Å². The van der Waals surface area contributed by atoms with Crippen LogP contribution < -0.4 is 9.47 Å². The summed E-state index contributed by atoms with van der Waals surface area (Å²) < 4.78 is 16.3. The van der Waals surface area contributed by atoms with Crippen molar-refractivity contribution in [3.8, 4) is 22.3 Å². The molecular weight excluding hydrogens is 364 g/mol. The standard InChI is InChI=1S/C20H22N2O4S/c1-13-8-9-17(26-13)20-21-15(12-27-20)10-18(23)22(2)11-14-6-5-7-16(24-3)19(14)25-4/h5-9,12H,10-11H2,1-4H3. The average Bonchev–Trinajstić information content (AvgIpc) is 3.30. The Hall–Kier alpha value is -2.80. The molecule has 0 atom stereocenters. The summed E-state index contributed by atoms with van der Waals surface area (Å²) in [7, 11) is 4.96. The number of hydrogen-bond donors (Lipinski definition) is 0. The molecule has 0 bridgehead atoms. The van der Waals surface area contributed by atoms with E-state index in [1.54, 1.807) is 26.2 Å². The minimum Gasteiger partial charge on any atom is -0.493 e. The van der Waals surface area contributed by atoms with E-state index < -0.39 is 0 Å². The first-order valence-corrected chi connectivity index (χ1v) is 9.34. The second-order valence-electron chi connectivity index (χ2n) is 6.13. The lowest BCUT2D eigenvalue weighted by atomic mass is 10.1. The van der Waals surface area contributed by atoms with Crippen LogP contribution in [0.15, 0.2) is 40.1 Å². The Morgan fingerprint density at radius 2 is 2.04 bits per heavy atom. The van der Waals surface area contributed by atoms with E-state index in [-0.39, 0.29) is 12.3 Å². The molecule has 0 aliphatic heterocycles. The number of carbonyl (C=O) groups is 1. The fraction of sp³-hybridized carbons (Fsp3) is 0.300. The molecule has 142 valence electrons. The van der Waals surface area contributed by atoms with E-state index in [4.69, 9.17) is 13.9 Å². The minimum absolute atomic E-state index is 0.0210. The van der Waals surface area contributed by atoms with Crippen molar-refractivity contribution in [1.29, 1.82) is 0 Å². The van der Waals surface area contributed by atoms with E-state index in [1.807, 2.05) is 42.6 Å². The molecule has 1 aromatic carbocycles. The molecule has 0 unspecified atom stereocenters. The lowest BCUT2D eigenvalue weighted by Gasteiger charge is -2.19. The highest BCUT2D eigenvalue weighted by Crippen LogP contribution is 2.31. The molecule has 6 nitrogen and oxygen atoms in total. The van der Waals surface area contributed by atoms with Crippen LogP contribution in [-0.2, 0) is 17.8 Å². The number of likely N-dealkylation sites (N-methyl/N-ethyl adjacent to an activating group) is 1. The van der Waals surface area contributed by atoms with Crippen molar-refractivity contribution in [2.24, 2.45) is 0 Å². The Labute approximate surface area is 162 Å². The fourth-order valence-corrected chi connectivity index (χ4v) is 3.54. The smallest absolute Gasteiger partial charge is 0.228 e. The quantitative estimate of drug-likeness (QED) is 0.616. The Bertz CT molecular complexity index is 932. The number of aromatic nitrogens is 1. The first-order valence-electron chi connectivity index (χ1n) is 8.47. The summed E-state index contributed by atoms with van der Waals surface area (Å²) in [6, 6.07) is 9.42. The van der Waals surface area contributed by atoms with Crippen LogP contribution >= 0.6 is 11.3 Å². The number of methoxy groups -OCH3 is 2. The molecule has 0 spiro atoms. The molecule has 7 heteroatoms. The highest BCUT2D eigenvalue weighted by Gasteiger charge is 2.17. The summed E-state index contributed by atoms with van der Waals surface area (Å²) in [5, 5.41) is 2.67. The second kappa shape index (κ2) is 8.26. The number of ether oxygens (including phenoxy) is 2. The Morgan fingerprint density at radius 3 is 2.70 bits per heavy atom. The van der Waals surface area contributed by atoms with E-state index >= 15 is 0 Å². The molecule has 0 saturated carbocycles. The zero-order valence-electron chi connectivity index (χ0n) is 15.8. The molecule has 0 fully saturated rings. The molecule has 3 aromatic rings. The number of benzene rings is 1. The lowest BCUT2D eigenvalue weighted by Crippen LogP contribution is -2.28. The zero-order valence-corrected chi connectivity index (χ0v) is 16.6. The van der Waals surface area contributed by atoms with E-state index in [0.717, 1.165) is 27.8 Å². The molecular formula is C20H22N2O4S. The van der Waals surface area contributed by atoms with Gasteiger partial charge in [-0.05, 0) is 25.1 Å². The van der Waals surface area contributed by atoms with Gasteiger partial charge in [0.05, 0.1) is 26.3 Å². The molecule has 27 heavy (non-hydrogen) atoms. The third-order valence-electron chi connectivity index (χ3n) is 4.15. The van der Waals surface area contributed by atoms with Crippen LogP contribution in [0, 0.1) is 6.92 Å². The van der Waals surface area contributed by atoms with Crippen molar-refractivity contribution in [1.82, 2.24) is 9.88 Å². The summed E-state index contributed by atoms with van der Waals surface area (Å²) in [5.41, 5.74) is 1.62. The molecule has 0 aliphatic carbocycles. The highest BCUT2D eigenvalue weighted by atomic mass is 32.1. The number of aryl methyl sites for hydroxylation is 1. The highest BCUT2D eigenvalue weighted by molar-refractivity contribution is 7.13. The number of carbonyl (C=O) groups excluding carboxylic acids is 1. The van der Waals surface area contributed by atoms with Crippen LogP contribution in [0.4, 0.5) is 0 Å². The van der Waals surface area contributed by atoms with Crippen molar-refractivity contribution in [2.75, 3.05) is 21.3 Å². The maximum absolute atomic E-state index is 12.6. The Balaban J connectivity index is 1.67. The summed E-state index contributed by atoms with van der Waals surface area (Å²) in [6.45, 7) is 2.32. The van der Waals surface area contributed by atoms with Crippen LogP contribution in [0.3, 0.4) is 0 Å². The van der Waals surface area contributed by atoms with Gasteiger partial charge in [0, 0.05) is 24.5 Å². The van der Waals surface area contributed by atoms with Crippen molar-refractivity contribution >= 4 is 17.2 Å². The maximum Gasteiger partial charge on any atom is 0.228 e. The van der Waals surface area contributed by atoms with Crippen molar-refractivity contribution in [3.63, 3.8) is 0 Å². The summed E-state index contributed by atoms with van der Waals surface area (Å²) in [4.78, 5) is 18.8. The Kier molecular flexibility index (Phi) is 5.81. The fourth-order valence-electron chi connectivity index (χ4n) is 2.76. The van der Waals surface area contributed by atoms with E-state index in [9.17, 15) is 4.79 Å². The lowest BCUT2D eigenvalue weighted by molar-refractivity contribution is -0.129. The largest absolute Gasteiger partial charge is 0.493 e. The monoisotopic (exact) mass is 386 g/mol. The van der Waals surface area contributed by atoms with Crippen LogP contribution in [0.5, 0.6) is 11.5 Å². The number of nitrogens with zero attached hydrogens (tertiary/aromatic N) is 2. The van der Waals surface area contributed by atoms with Gasteiger partial charge in [-0.2, -0.15) is 0 Å². The number of para-hydroxylation sites is 1. The van der Waals surface area contributed by atoms with Crippen molar-refractivity contribution in [2.45, 2.75) is 19.9 Å². The normalized spacial score (nSPS) is 10.7. The van der Waals surface area contributed by atoms with Gasteiger partial charge in [0.15, 0.2) is 22.3 Å². The number of rotatable bonds is 7. The van der Waals surface area contributed by atoms with E-state index in [2.05, 4.69) is 4.98 Å². The van der Waals surface area contributed by atoms with Gasteiger partial charge in [-0.25, -0.2) is 4.98 Å². The maximum atomic E-state index is 12.6. The predicted molar refractivity (Wildman–Crippen MR) is 104 cm³/mol. The van der Waals surface area contributed by atoms with Gasteiger partial charge >= 0.3 is 0 Å². The van der Waals surface area contributed by atoms with Gasteiger partial charge in [-0.3, -0.25) is 4.79 Å². The molecule has 0 aliphatic rings. The van der Waals surface area contributed by atoms with Gasteiger partial charge < -0.3 is 18.8 Å². The first kappa shape index (κ1) is 19.0. The molecule has 0 saturated heterocycles. The molecule has 1 amide bonds. The molecule has 2 aromatic heterocycles. The van der Waals surface area contributed by atoms with Crippen LogP contribution in [-0.4, -0.2) is 37.1 Å². The van der Waals surface area contributed by atoms with Crippen LogP contribution in [0.1, 0.15) is 17.0 Å². The zero-order chi connectivity index (χ0) is 19.4. The summed E-state index contributed by atoms with van der Waals surface area (Å²) >= 11 is 1.47. The second-order valence-corrected chi connectivity index (χ2v) is 6.99.